The van der Waals surface area contributed by atoms with Crippen molar-refractivity contribution in [2.24, 2.45) is 5.92 Å². The molecule has 5 heteroatoms. The van der Waals surface area contributed by atoms with Gasteiger partial charge in [0.1, 0.15) is 0 Å². The Morgan fingerprint density at radius 3 is 1.83 bits per heavy atom. The lowest BCUT2D eigenvalue weighted by atomic mass is 9.87. The van der Waals surface area contributed by atoms with E-state index in [0.717, 1.165) is 5.56 Å². The van der Waals surface area contributed by atoms with E-state index in [4.69, 9.17) is 11.6 Å². The summed E-state index contributed by atoms with van der Waals surface area (Å²) >= 11 is 5.93. The van der Waals surface area contributed by atoms with Gasteiger partial charge < -0.3 is 10.6 Å². The van der Waals surface area contributed by atoms with Crippen LogP contribution < -0.4 is 10.6 Å². The topological polar surface area (TPSA) is 58.2 Å². The minimum Gasteiger partial charge on any atom is -0.326 e. The minimum absolute atomic E-state index is 0.0698. The largest absolute Gasteiger partial charge is 0.326 e. The molecule has 2 aromatic carbocycles. The van der Waals surface area contributed by atoms with Crippen molar-refractivity contribution in [1.29, 1.82) is 0 Å². The monoisotopic (exact) mass is 344 g/mol. The summed E-state index contributed by atoms with van der Waals surface area (Å²) in [6, 6.07) is 14.4. The molecule has 2 rings (SSSR count). The van der Waals surface area contributed by atoms with Gasteiger partial charge in [-0.05, 0) is 47.9 Å². The van der Waals surface area contributed by atoms with E-state index in [1.54, 1.807) is 36.4 Å². The van der Waals surface area contributed by atoms with Gasteiger partial charge in [-0.3, -0.25) is 9.59 Å². The van der Waals surface area contributed by atoms with Crippen molar-refractivity contribution in [2.75, 3.05) is 10.6 Å². The molecule has 0 saturated carbocycles. The summed E-state index contributed by atoms with van der Waals surface area (Å²) in [5, 5.41) is 6.27. The van der Waals surface area contributed by atoms with Crippen molar-refractivity contribution in [1.82, 2.24) is 0 Å². The van der Waals surface area contributed by atoms with Crippen LogP contribution in [0, 0.1) is 5.92 Å². The Morgan fingerprint density at radius 2 is 1.38 bits per heavy atom. The van der Waals surface area contributed by atoms with Crippen LogP contribution in [0.5, 0.6) is 0 Å². The third-order valence-electron chi connectivity index (χ3n) is 3.65. The van der Waals surface area contributed by atoms with E-state index in [2.05, 4.69) is 10.6 Å². The second kappa shape index (κ2) is 7.97. The highest BCUT2D eigenvalue weighted by molar-refractivity contribution is 6.30. The zero-order valence-corrected chi connectivity index (χ0v) is 14.7. The van der Waals surface area contributed by atoms with Crippen molar-refractivity contribution in [3.63, 3.8) is 0 Å². The van der Waals surface area contributed by atoms with E-state index in [1.807, 2.05) is 26.0 Å². The smallest absolute Gasteiger partial charge is 0.232 e. The van der Waals surface area contributed by atoms with E-state index < -0.39 is 0 Å². The first-order valence-corrected chi connectivity index (χ1v) is 8.18. The fourth-order valence-electron chi connectivity index (χ4n) is 2.57. The lowest BCUT2D eigenvalue weighted by molar-refractivity contribution is -0.118. The average Bonchev–Trinajstić information content (AvgIpc) is 2.50. The van der Waals surface area contributed by atoms with Crippen LogP contribution in [0.2, 0.25) is 5.02 Å². The molecule has 0 saturated heterocycles. The van der Waals surface area contributed by atoms with Crippen molar-refractivity contribution >= 4 is 34.8 Å². The SMILES string of the molecule is CC(=O)Nc1ccc(NC(=O)[C@@H](c2ccc(Cl)cc2)C(C)C)cc1. The maximum absolute atomic E-state index is 12.7. The molecule has 0 bridgehead atoms. The second-order valence-corrected chi connectivity index (χ2v) is 6.46. The Bertz CT molecular complexity index is 709. The summed E-state index contributed by atoms with van der Waals surface area (Å²) in [4.78, 5) is 23.7. The van der Waals surface area contributed by atoms with Gasteiger partial charge in [-0.25, -0.2) is 0 Å². The summed E-state index contributed by atoms with van der Waals surface area (Å²) in [7, 11) is 0. The van der Waals surface area contributed by atoms with Crippen molar-refractivity contribution in [3.05, 3.63) is 59.1 Å². The molecule has 2 aromatic rings. The number of benzene rings is 2. The molecule has 2 N–H and O–H groups in total. The Balaban J connectivity index is 2.13. The number of anilines is 2. The number of nitrogens with one attached hydrogen (secondary N) is 2. The Kier molecular flexibility index (Phi) is 5.99. The third kappa shape index (κ3) is 4.83. The van der Waals surface area contributed by atoms with E-state index in [0.29, 0.717) is 16.4 Å². The molecule has 0 aromatic heterocycles. The van der Waals surface area contributed by atoms with Gasteiger partial charge in [-0.1, -0.05) is 37.6 Å². The summed E-state index contributed by atoms with van der Waals surface area (Å²) in [5.41, 5.74) is 2.31. The highest BCUT2D eigenvalue weighted by Crippen LogP contribution is 2.27. The lowest BCUT2D eigenvalue weighted by Crippen LogP contribution is -2.25. The van der Waals surface area contributed by atoms with Crippen LogP contribution in [0.1, 0.15) is 32.3 Å². The van der Waals surface area contributed by atoms with E-state index in [9.17, 15) is 9.59 Å². The number of hydrogen-bond donors (Lipinski definition) is 2. The molecular formula is C19H21ClN2O2. The van der Waals surface area contributed by atoms with Crippen LogP contribution in [-0.4, -0.2) is 11.8 Å². The highest BCUT2D eigenvalue weighted by Gasteiger charge is 2.24. The van der Waals surface area contributed by atoms with Gasteiger partial charge in [0.15, 0.2) is 0 Å². The minimum atomic E-state index is -0.266. The van der Waals surface area contributed by atoms with Crippen LogP contribution in [0.4, 0.5) is 11.4 Å². The summed E-state index contributed by atoms with van der Waals surface area (Å²) in [5.74, 6) is -0.323. The first-order valence-electron chi connectivity index (χ1n) is 7.81. The lowest BCUT2D eigenvalue weighted by Gasteiger charge is -2.21. The first kappa shape index (κ1) is 18.0. The van der Waals surface area contributed by atoms with Gasteiger partial charge in [0.2, 0.25) is 11.8 Å². The number of amides is 2. The number of carbonyl (C=O) groups excluding carboxylic acids is 2. The molecule has 0 aliphatic rings. The molecule has 0 aliphatic heterocycles. The van der Waals surface area contributed by atoms with Crippen LogP contribution >= 0.6 is 11.6 Å². The third-order valence-corrected chi connectivity index (χ3v) is 3.90. The normalized spacial score (nSPS) is 11.9. The maximum atomic E-state index is 12.7. The van der Waals surface area contributed by atoms with Crippen LogP contribution in [0.25, 0.3) is 0 Å². The van der Waals surface area contributed by atoms with Gasteiger partial charge in [0.25, 0.3) is 0 Å². The molecule has 24 heavy (non-hydrogen) atoms. The predicted molar refractivity (Wildman–Crippen MR) is 98.4 cm³/mol. The molecule has 0 heterocycles. The summed E-state index contributed by atoms with van der Waals surface area (Å²) < 4.78 is 0. The fourth-order valence-corrected chi connectivity index (χ4v) is 2.70. The molecule has 126 valence electrons. The van der Waals surface area contributed by atoms with Gasteiger partial charge >= 0.3 is 0 Å². The van der Waals surface area contributed by atoms with Crippen molar-refractivity contribution in [2.45, 2.75) is 26.7 Å². The second-order valence-electron chi connectivity index (χ2n) is 6.02. The predicted octanol–water partition coefficient (Wildman–Crippen LogP) is 4.68. The number of rotatable bonds is 5. The van der Waals surface area contributed by atoms with Crippen molar-refractivity contribution in [3.8, 4) is 0 Å². The van der Waals surface area contributed by atoms with E-state index in [1.165, 1.54) is 6.92 Å². The molecule has 4 nitrogen and oxygen atoms in total. The Labute approximate surface area is 147 Å². The van der Waals surface area contributed by atoms with Gasteiger partial charge in [0.05, 0.1) is 5.92 Å². The molecule has 0 spiro atoms. The molecule has 0 radical (unpaired) electrons. The molecule has 0 unspecified atom stereocenters. The number of carbonyl (C=O) groups is 2. The molecular weight excluding hydrogens is 324 g/mol. The summed E-state index contributed by atoms with van der Waals surface area (Å²) in [6.45, 7) is 5.48. The molecule has 0 aliphatic carbocycles. The quantitative estimate of drug-likeness (QED) is 0.827. The summed E-state index contributed by atoms with van der Waals surface area (Å²) in [6.07, 6.45) is 0. The van der Waals surface area contributed by atoms with Crippen LogP contribution in [-0.2, 0) is 9.59 Å². The standard InChI is InChI=1S/C19H21ClN2O2/c1-12(2)18(14-4-6-15(20)7-5-14)19(24)22-17-10-8-16(9-11-17)21-13(3)23/h4-12,18H,1-3H3,(H,21,23)(H,22,24)/t18-/m1/s1. The highest BCUT2D eigenvalue weighted by atomic mass is 35.5. The molecule has 2 amide bonds. The van der Waals surface area contributed by atoms with Gasteiger partial charge in [-0.15, -0.1) is 0 Å². The average molecular weight is 345 g/mol. The van der Waals surface area contributed by atoms with Crippen molar-refractivity contribution < 1.29 is 9.59 Å². The zero-order valence-electron chi connectivity index (χ0n) is 14.0. The maximum Gasteiger partial charge on any atom is 0.232 e. The zero-order chi connectivity index (χ0) is 17.7. The van der Waals surface area contributed by atoms with E-state index >= 15 is 0 Å². The van der Waals surface area contributed by atoms with Gasteiger partial charge in [0, 0.05) is 23.3 Å². The Morgan fingerprint density at radius 1 is 0.875 bits per heavy atom. The first-order chi connectivity index (χ1) is 11.4. The molecule has 1 atom stereocenters. The van der Waals surface area contributed by atoms with Crippen LogP contribution in [0.15, 0.2) is 48.5 Å². The van der Waals surface area contributed by atoms with Gasteiger partial charge in [-0.2, -0.15) is 0 Å². The Hall–Kier alpha value is -2.33. The number of halogens is 1. The fraction of sp³-hybridized carbons (Fsp3) is 0.263. The van der Waals surface area contributed by atoms with Crippen LogP contribution in [0.3, 0.4) is 0 Å². The van der Waals surface area contributed by atoms with E-state index in [-0.39, 0.29) is 23.7 Å². The molecule has 0 fully saturated rings. The number of hydrogen-bond acceptors (Lipinski definition) is 2.